The third-order valence-corrected chi connectivity index (χ3v) is 2.08. The van der Waals surface area contributed by atoms with Crippen molar-refractivity contribution in [3.8, 4) is 0 Å². The van der Waals surface area contributed by atoms with Gasteiger partial charge < -0.3 is 4.74 Å². The molecular formula is C7H7F3OS. The lowest BCUT2D eigenvalue weighted by molar-refractivity contribution is -0.215. The molecular weight excluding hydrogens is 189 g/mol. The van der Waals surface area contributed by atoms with Gasteiger partial charge in [0, 0.05) is 12.7 Å². The van der Waals surface area contributed by atoms with E-state index in [2.05, 4.69) is 4.74 Å². The number of halogens is 3. The van der Waals surface area contributed by atoms with Crippen molar-refractivity contribution in [2.24, 2.45) is 0 Å². The van der Waals surface area contributed by atoms with Crippen LogP contribution in [0.3, 0.4) is 0 Å². The molecule has 1 aromatic rings. The second-order valence-corrected chi connectivity index (χ2v) is 2.99. The number of methoxy groups -OCH3 is 1. The van der Waals surface area contributed by atoms with Crippen LogP contribution in [0.1, 0.15) is 11.7 Å². The monoisotopic (exact) mass is 196 g/mol. The summed E-state index contributed by atoms with van der Waals surface area (Å²) in [6.45, 7) is 0. The predicted molar refractivity (Wildman–Crippen MR) is 40.1 cm³/mol. The van der Waals surface area contributed by atoms with Gasteiger partial charge >= 0.3 is 6.18 Å². The summed E-state index contributed by atoms with van der Waals surface area (Å²) >= 11 is 1.22. The zero-order valence-electron chi connectivity index (χ0n) is 6.26. The van der Waals surface area contributed by atoms with Gasteiger partial charge in [-0.15, -0.1) is 0 Å². The van der Waals surface area contributed by atoms with Crippen molar-refractivity contribution in [1.82, 2.24) is 0 Å². The minimum absolute atomic E-state index is 0.162. The largest absolute Gasteiger partial charge is 0.418 e. The highest BCUT2D eigenvalue weighted by Crippen LogP contribution is 2.35. The van der Waals surface area contributed by atoms with Crippen LogP contribution < -0.4 is 0 Å². The first-order chi connectivity index (χ1) is 5.55. The van der Waals surface area contributed by atoms with Crippen LogP contribution in [0.15, 0.2) is 16.8 Å². The molecule has 1 heterocycles. The summed E-state index contributed by atoms with van der Waals surface area (Å²) < 4.78 is 40.8. The predicted octanol–water partition coefficient (Wildman–Crippen LogP) is 3.00. The van der Waals surface area contributed by atoms with Gasteiger partial charge in [-0.3, -0.25) is 0 Å². The average Bonchev–Trinajstić information content (AvgIpc) is 2.38. The maximum atomic E-state index is 12.2. The van der Waals surface area contributed by atoms with Gasteiger partial charge in [-0.2, -0.15) is 24.5 Å². The Hall–Kier alpha value is -0.550. The van der Waals surface area contributed by atoms with Gasteiger partial charge in [-0.1, -0.05) is 0 Å². The van der Waals surface area contributed by atoms with Crippen molar-refractivity contribution in [3.63, 3.8) is 0 Å². The molecule has 0 amide bonds. The lowest BCUT2D eigenvalue weighted by Crippen LogP contribution is -2.21. The highest BCUT2D eigenvalue weighted by molar-refractivity contribution is 7.07. The fraction of sp³-hybridized carbons (Fsp3) is 0.429. The molecule has 0 fully saturated rings. The number of rotatable bonds is 2. The van der Waals surface area contributed by atoms with E-state index in [1.54, 1.807) is 5.38 Å². The zero-order valence-corrected chi connectivity index (χ0v) is 7.08. The van der Waals surface area contributed by atoms with E-state index >= 15 is 0 Å². The van der Waals surface area contributed by atoms with Crippen LogP contribution in [0.25, 0.3) is 0 Å². The molecule has 0 aliphatic rings. The van der Waals surface area contributed by atoms with Gasteiger partial charge in [0.15, 0.2) is 6.10 Å². The summed E-state index contributed by atoms with van der Waals surface area (Å²) in [4.78, 5) is 0. The standard InChI is InChI=1S/C7H7F3OS/c1-11-6(7(8,9)10)5-2-3-12-4-5/h2-4,6H,1H3. The van der Waals surface area contributed by atoms with E-state index in [0.29, 0.717) is 0 Å². The van der Waals surface area contributed by atoms with Crippen molar-refractivity contribution in [1.29, 1.82) is 0 Å². The van der Waals surface area contributed by atoms with Crippen LogP contribution in [0.2, 0.25) is 0 Å². The van der Waals surface area contributed by atoms with E-state index in [-0.39, 0.29) is 5.56 Å². The first kappa shape index (κ1) is 9.54. The van der Waals surface area contributed by atoms with Gasteiger partial charge in [0.2, 0.25) is 0 Å². The topological polar surface area (TPSA) is 9.23 Å². The minimum Gasteiger partial charge on any atom is -0.367 e. The fourth-order valence-corrected chi connectivity index (χ4v) is 1.56. The molecule has 1 unspecified atom stereocenters. The molecule has 0 saturated heterocycles. The van der Waals surface area contributed by atoms with E-state index in [9.17, 15) is 13.2 Å². The Kier molecular flexibility index (Phi) is 2.74. The molecule has 0 aromatic carbocycles. The Balaban J connectivity index is 2.84. The van der Waals surface area contributed by atoms with Crippen LogP contribution in [-0.2, 0) is 4.74 Å². The second-order valence-electron chi connectivity index (χ2n) is 2.21. The summed E-state index contributed by atoms with van der Waals surface area (Å²) in [5, 5.41) is 3.02. The Morgan fingerprint density at radius 1 is 1.50 bits per heavy atom. The highest BCUT2D eigenvalue weighted by Gasteiger charge is 2.41. The van der Waals surface area contributed by atoms with E-state index in [0.717, 1.165) is 7.11 Å². The Bertz CT molecular complexity index is 229. The normalized spacial score (nSPS) is 14.7. The average molecular weight is 196 g/mol. The van der Waals surface area contributed by atoms with Crippen LogP contribution in [0, 0.1) is 0 Å². The number of hydrogen-bond donors (Lipinski definition) is 0. The highest BCUT2D eigenvalue weighted by atomic mass is 32.1. The third-order valence-electron chi connectivity index (χ3n) is 1.38. The van der Waals surface area contributed by atoms with Crippen molar-refractivity contribution in [2.75, 3.05) is 7.11 Å². The number of hydrogen-bond acceptors (Lipinski definition) is 2. The Morgan fingerprint density at radius 3 is 2.50 bits per heavy atom. The van der Waals surface area contributed by atoms with Crippen LogP contribution >= 0.6 is 11.3 Å². The van der Waals surface area contributed by atoms with Crippen molar-refractivity contribution < 1.29 is 17.9 Å². The maximum Gasteiger partial charge on any atom is 0.418 e. The molecule has 0 aliphatic heterocycles. The summed E-state index contributed by atoms with van der Waals surface area (Å²) in [6, 6.07) is 1.41. The minimum atomic E-state index is -4.32. The Morgan fingerprint density at radius 2 is 2.17 bits per heavy atom. The third kappa shape index (κ3) is 1.98. The molecule has 1 rings (SSSR count). The quantitative estimate of drug-likeness (QED) is 0.706. The van der Waals surface area contributed by atoms with Gasteiger partial charge in [-0.25, -0.2) is 0 Å². The Labute approximate surface area is 71.8 Å². The van der Waals surface area contributed by atoms with Gasteiger partial charge in [0.25, 0.3) is 0 Å². The molecule has 1 atom stereocenters. The smallest absolute Gasteiger partial charge is 0.367 e. The first-order valence-electron chi connectivity index (χ1n) is 3.17. The van der Waals surface area contributed by atoms with E-state index in [4.69, 9.17) is 0 Å². The van der Waals surface area contributed by atoms with E-state index < -0.39 is 12.3 Å². The van der Waals surface area contributed by atoms with Crippen LogP contribution in [0.5, 0.6) is 0 Å². The molecule has 1 aromatic heterocycles. The van der Waals surface area contributed by atoms with Crippen molar-refractivity contribution in [2.45, 2.75) is 12.3 Å². The molecule has 5 heteroatoms. The van der Waals surface area contributed by atoms with Crippen molar-refractivity contribution in [3.05, 3.63) is 22.4 Å². The van der Waals surface area contributed by atoms with Crippen molar-refractivity contribution >= 4 is 11.3 Å². The summed E-state index contributed by atoms with van der Waals surface area (Å²) in [7, 11) is 1.05. The second kappa shape index (κ2) is 3.45. The SMILES string of the molecule is COC(c1ccsc1)C(F)(F)F. The van der Waals surface area contributed by atoms with Crippen LogP contribution in [0.4, 0.5) is 13.2 Å². The van der Waals surface area contributed by atoms with Gasteiger partial charge in [0.05, 0.1) is 0 Å². The molecule has 12 heavy (non-hydrogen) atoms. The molecule has 0 aliphatic carbocycles. The molecule has 68 valence electrons. The zero-order chi connectivity index (χ0) is 9.19. The maximum absolute atomic E-state index is 12.2. The number of alkyl halides is 3. The van der Waals surface area contributed by atoms with Gasteiger partial charge in [0.1, 0.15) is 0 Å². The lowest BCUT2D eigenvalue weighted by atomic mass is 10.2. The molecule has 1 nitrogen and oxygen atoms in total. The molecule has 0 spiro atoms. The number of thiophene rings is 1. The first-order valence-corrected chi connectivity index (χ1v) is 4.11. The van der Waals surface area contributed by atoms with Gasteiger partial charge in [-0.05, 0) is 16.8 Å². The number of ether oxygens (including phenoxy) is 1. The molecule has 0 N–H and O–H groups in total. The fourth-order valence-electron chi connectivity index (χ4n) is 0.883. The molecule has 0 saturated carbocycles. The van der Waals surface area contributed by atoms with E-state index in [1.807, 2.05) is 0 Å². The summed E-state index contributed by atoms with van der Waals surface area (Å²) in [6.07, 6.45) is -6.11. The summed E-state index contributed by atoms with van der Waals surface area (Å²) in [5.74, 6) is 0. The molecule has 0 bridgehead atoms. The lowest BCUT2D eigenvalue weighted by Gasteiger charge is -2.17. The van der Waals surface area contributed by atoms with E-state index in [1.165, 1.54) is 22.8 Å². The van der Waals surface area contributed by atoms with Crippen LogP contribution in [-0.4, -0.2) is 13.3 Å². The summed E-state index contributed by atoms with van der Waals surface area (Å²) in [5.41, 5.74) is 0.162. The molecule has 0 radical (unpaired) electrons.